The first kappa shape index (κ1) is 21.6. The molecular weight excluding hydrogens is 388 g/mol. The highest BCUT2D eigenvalue weighted by Gasteiger charge is 2.19. The lowest BCUT2D eigenvalue weighted by atomic mass is 10.2. The first-order valence-electron chi connectivity index (χ1n) is 8.38. The van der Waals surface area contributed by atoms with Crippen LogP contribution in [-0.2, 0) is 9.47 Å². The molecule has 8 heteroatoms. The van der Waals surface area contributed by atoms with Crippen molar-refractivity contribution in [3.63, 3.8) is 0 Å². The second kappa shape index (κ2) is 10.6. The van der Waals surface area contributed by atoms with Crippen molar-refractivity contribution in [2.24, 2.45) is 0 Å². The zero-order valence-corrected chi connectivity index (χ0v) is 17.4. The Morgan fingerprint density at radius 2 is 1.76 bits per heavy atom. The van der Waals surface area contributed by atoms with Crippen molar-refractivity contribution in [2.45, 2.75) is 39.2 Å². The molecule has 0 spiro atoms. The van der Waals surface area contributed by atoms with Crippen LogP contribution in [0.1, 0.15) is 33.6 Å². The lowest BCUT2D eigenvalue weighted by Gasteiger charge is -2.26. The second-order valence-corrected chi connectivity index (χ2v) is 7.71. The fraction of sp³-hybridized carbons (Fsp3) is 0.706. The number of hydrogen-bond acceptors (Lipinski definition) is 6. The second-order valence-electron chi connectivity index (χ2n) is 6.79. The van der Waals surface area contributed by atoms with E-state index in [4.69, 9.17) is 9.47 Å². The number of rotatable bonds is 9. The van der Waals surface area contributed by atoms with Crippen LogP contribution in [0.2, 0.25) is 0 Å². The third-order valence-electron chi connectivity index (χ3n) is 3.29. The van der Waals surface area contributed by atoms with Crippen LogP contribution in [0.3, 0.4) is 0 Å². The lowest BCUT2D eigenvalue weighted by molar-refractivity contribution is 0.0298. The van der Waals surface area contributed by atoms with Crippen LogP contribution in [0.15, 0.2) is 16.9 Å². The molecule has 0 aliphatic rings. The quantitative estimate of drug-likeness (QED) is 0.575. The molecule has 0 saturated carbocycles. The fourth-order valence-electron chi connectivity index (χ4n) is 2.11. The molecule has 1 aromatic rings. The van der Waals surface area contributed by atoms with Gasteiger partial charge in [0.1, 0.15) is 5.60 Å². The number of methoxy groups -OCH3 is 1. The average molecular weight is 417 g/mol. The topological polar surface area (TPSA) is 67.8 Å². The molecule has 1 rings (SSSR count). The summed E-state index contributed by atoms with van der Waals surface area (Å²) >= 11 is 3.35. The van der Waals surface area contributed by atoms with Gasteiger partial charge in [-0.1, -0.05) is 0 Å². The normalized spacial score (nSPS) is 11.3. The summed E-state index contributed by atoms with van der Waals surface area (Å²) in [6.07, 6.45) is 4.84. The minimum atomic E-state index is -0.483. The van der Waals surface area contributed by atoms with Crippen molar-refractivity contribution >= 4 is 28.0 Å². The van der Waals surface area contributed by atoms with E-state index in [2.05, 4.69) is 30.8 Å². The summed E-state index contributed by atoms with van der Waals surface area (Å²) in [6.45, 7) is 8.42. The molecule has 0 N–H and O–H groups in total. The van der Waals surface area contributed by atoms with Crippen LogP contribution in [0.25, 0.3) is 0 Å². The highest BCUT2D eigenvalue weighted by molar-refractivity contribution is 9.10. The average Bonchev–Trinajstić information content (AvgIpc) is 2.52. The van der Waals surface area contributed by atoms with Gasteiger partial charge >= 0.3 is 6.09 Å². The van der Waals surface area contributed by atoms with E-state index in [1.807, 2.05) is 20.8 Å². The molecule has 0 aliphatic heterocycles. The maximum absolute atomic E-state index is 12.0. The molecule has 0 aliphatic carbocycles. The Kier molecular flexibility index (Phi) is 9.13. The Morgan fingerprint density at radius 3 is 2.32 bits per heavy atom. The molecule has 1 amide bonds. The van der Waals surface area contributed by atoms with Crippen LogP contribution in [-0.4, -0.2) is 67.0 Å². The molecule has 25 heavy (non-hydrogen) atoms. The summed E-state index contributed by atoms with van der Waals surface area (Å²) in [5.41, 5.74) is -0.483. The summed E-state index contributed by atoms with van der Waals surface area (Å²) in [5.74, 6) is 0.680. The molecule has 142 valence electrons. The standard InChI is InChI=1S/C17H29BrN4O3/c1-17(2,3)25-16(23)21(4)8-6-9-22(10-7-11-24-5)15-19-12-14(18)13-20-15/h12-13H,6-11H2,1-5H3. The van der Waals surface area contributed by atoms with E-state index in [1.54, 1.807) is 31.5 Å². The van der Waals surface area contributed by atoms with E-state index < -0.39 is 5.60 Å². The molecule has 0 saturated heterocycles. The molecule has 1 aromatic heterocycles. The van der Waals surface area contributed by atoms with E-state index in [0.29, 0.717) is 19.1 Å². The van der Waals surface area contributed by atoms with Crippen molar-refractivity contribution < 1.29 is 14.3 Å². The maximum atomic E-state index is 12.0. The van der Waals surface area contributed by atoms with Crippen molar-refractivity contribution in [3.05, 3.63) is 16.9 Å². The number of carbonyl (C=O) groups is 1. The lowest BCUT2D eigenvalue weighted by Crippen LogP contribution is -2.36. The Hall–Kier alpha value is -1.41. The monoisotopic (exact) mass is 416 g/mol. The molecule has 0 atom stereocenters. The summed E-state index contributed by atoms with van der Waals surface area (Å²) in [5, 5.41) is 0. The molecule has 0 fully saturated rings. The minimum Gasteiger partial charge on any atom is -0.444 e. The van der Waals surface area contributed by atoms with Gasteiger partial charge in [-0.25, -0.2) is 14.8 Å². The number of hydrogen-bond donors (Lipinski definition) is 0. The van der Waals surface area contributed by atoms with Crippen molar-refractivity contribution in [3.8, 4) is 0 Å². The number of amides is 1. The molecule has 0 radical (unpaired) electrons. The van der Waals surface area contributed by atoms with Gasteiger partial charge in [0.15, 0.2) is 0 Å². The largest absolute Gasteiger partial charge is 0.444 e. The van der Waals surface area contributed by atoms with Gasteiger partial charge in [-0.3, -0.25) is 0 Å². The van der Waals surface area contributed by atoms with Crippen LogP contribution in [0, 0.1) is 0 Å². The summed E-state index contributed by atoms with van der Waals surface area (Å²) in [6, 6.07) is 0. The highest BCUT2D eigenvalue weighted by atomic mass is 79.9. The van der Waals surface area contributed by atoms with E-state index in [-0.39, 0.29) is 6.09 Å². The number of aromatic nitrogens is 2. The number of ether oxygens (including phenoxy) is 2. The molecule has 0 unspecified atom stereocenters. The first-order chi connectivity index (χ1) is 11.7. The van der Waals surface area contributed by atoms with Crippen LogP contribution >= 0.6 is 15.9 Å². The van der Waals surface area contributed by atoms with Crippen molar-refractivity contribution in [1.29, 1.82) is 0 Å². The first-order valence-corrected chi connectivity index (χ1v) is 9.18. The Labute approximate surface area is 158 Å². The van der Waals surface area contributed by atoms with E-state index in [9.17, 15) is 4.79 Å². The van der Waals surface area contributed by atoms with Crippen molar-refractivity contribution in [1.82, 2.24) is 14.9 Å². The Morgan fingerprint density at radius 1 is 1.16 bits per heavy atom. The van der Waals surface area contributed by atoms with E-state index in [0.717, 1.165) is 30.4 Å². The van der Waals surface area contributed by atoms with E-state index >= 15 is 0 Å². The van der Waals surface area contributed by atoms with Gasteiger partial charge in [0.25, 0.3) is 0 Å². The SMILES string of the molecule is COCCCN(CCCN(C)C(=O)OC(C)(C)C)c1ncc(Br)cn1. The zero-order valence-electron chi connectivity index (χ0n) is 15.8. The summed E-state index contributed by atoms with van der Waals surface area (Å²) in [7, 11) is 3.44. The fourth-order valence-corrected chi connectivity index (χ4v) is 2.31. The van der Waals surface area contributed by atoms with Crippen LogP contribution in [0.4, 0.5) is 10.7 Å². The third kappa shape index (κ3) is 9.02. The molecule has 1 heterocycles. The zero-order chi connectivity index (χ0) is 18.9. The van der Waals surface area contributed by atoms with Gasteiger partial charge in [0, 0.05) is 52.8 Å². The minimum absolute atomic E-state index is 0.307. The van der Waals surface area contributed by atoms with Crippen LogP contribution < -0.4 is 4.90 Å². The maximum Gasteiger partial charge on any atom is 0.410 e. The number of carbonyl (C=O) groups excluding carboxylic acids is 1. The van der Waals surface area contributed by atoms with Gasteiger partial charge in [0.2, 0.25) is 5.95 Å². The van der Waals surface area contributed by atoms with Gasteiger partial charge < -0.3 is 19.3 Å². The molecule has 0 aromatic carbocycles. The predicted octanol–water partition coefficient (Wildman–Crippen LogP) is 3.34. The highest BCUT2D eigenvalue weighted by Crippen LogP contribution is 2.13. The third-order valence-corrected chi connectivity index (χ3v) is 3.70. The predicted molar refractivity (Wildman–Crippen MR) is 102 cm³/mol. The number of anilines is 1. The summed E-state index contributed by atoms with van der Waals surface area (Å²) in [4.78, 5) is 24.4. The van der Waals surface area contributed by atoms with Gasteiger partial charge in [-0.05, 0) is 49.5 Å². The van der Waals surface area contributed by atoms with Gasteiger partial charge in [0.05, 0.1) is 4.47 Å². The Bertz CT molecular complexity index is 520. The van der Waals surface area contributed by atoms with Crippen molar-refractivity contribution in [2.75, 3.05) is 45.3 Å². The van der Waals surface area contributed by atoms with Gasteiger partial charge in [-0.2, -0.15) is 0 Å². The molecule has 0 bridgehead atoms. The van der Waals surface area contributed by atoms with E-state index in [1.165, 1.54) is 0 Å². The number of halogens is 1. The van der Waals surface area contributed by atoms with Gasteiger partial charge in [-0.15, -0.1) is 0 Å². The number of nitrogens with zero attached hydrogens (tertiary/aromatic N) is 4. The molecule has 7 nitrogen and oxygen atoms in total. The van der Waals surface area contributed by atoms with Crippen LogP contribution in [0.5, 0.6) is 0 Å². The summed E-state index contributed by atoms with van der Waals surface area (Å²) < 4.78 is 11.3. The molecular formula is C17H29BrN4O3. The Balaban J connectivity index is 2.54. The smallest absolute Gasteiger partial charge is 0.410 e.